The Bertz CT molecular complexity index is 652. The summed E-state index contributed by atoms with van der Waals surface area (Å²) in [5, 5.41) is 3.12. The monoisotopic (exact) mass is 288 g/mol. The average molecular weight is 288 g/mol. The van der Waals surface area contributed by atoms with E-state index < -0.39 is 0 Å². The van der Waals surface area contributed by atoms with Gasteiger partial charge in [0.15, 0.2) is 5.96 Å². The summed E-state index contributed by atoms with van der Waals surface area (Å²) in [6, 6.07) is 7.88. The predicted octanol–water partition coefficient (Wildman–Crippen LogP) is 2.34. The molecule has 104 valence electrons. The molecule has 0 aliphatic carbocycles. The topological polar surface area (TPSA) is 63.7 Å². The molecule has 2 aromatic rings. The number of aromatic nitrogens is 1. The zero-order chi connectivity index (χ0) is 14.1. The number of rotatable bonds is 3. The fraction of sp³-hybridized carbons (Fsp3) is 0.286. The Hall–Kier alpha value is -2.08. The Balaban J connectivity index is 1.97. The number of hydrogen-bond acceptors (Lipinski definition) is 6. The van der Waals surface area contributed by atoms with Crippen molar-refractivity contribution in [3.8, 4) is 5.75 Å². The van der Waals surface area contributed by atoms with Gasteiger partial charge in [0.2, 0.25) is 0 Å². The first kappa shape index (κ1) is 12.9. The molecule has 0 fully saturated rings. The number of hydrogen-bond donors (Lipinski definition) is 1. The van der Waals surface area contributed by atoms with E-state index in [9.17, 15) is 0 Å². The molecule has 6 heteroatoms. The van der Waals surface area contributed by atoms with Crippen LogP contribution in [0, 0.1) is 6.92 Å². The van der Waals surface area contributed by atoms with Crippen LogP contribution in [0.5, 0.6) is 5.75 Å². The quantitative estimate of drug-likeness (QED) is 0.941. The van der Waals surface area contributed by atoms with Crippen LogP contribution in [-0.4, -0.2) is 24.6 Å². The second-order valence-electron chi connectivity index (χ2n) is 4.58. The molecule has 1 aliphatic rings. The van der Waals surface area contributed by atoms with Crippen LogP contribution in [0.2, 0.25) is 0 Å². The Morgan fingerprint density at radius 1 is 1.45 bits per heavy atom. The van der Waals surface area contributed by atoms with Crippen LogP contribution in [0.1, 0.15) is 16.7 Å². The first-order chi connectivity index (χ1) is 9.69. The van der Waals surface area contributed by atoms with E-state index in [1.807, 2.05) is 36.1 Å². The summed E-state index contributed by atoms with van der Waals surface area (Å²) in [6.07, 6.45) is 0. The molecule has 1 aliphatic heterocycles. The summed E-state index contributed by atoms with van der Waals surface area (Å²) in [5.74, 6) is 1.32. The molecule has 2 N–H and O–H groups in total. The first-order valence-corrected chi connectivity index (χ1v) is 7.22. The van der Waals surface area contributed by atoms with E-state index in [1.165, 1.54) is 0 Å². The van der Waals surface area contributed by atoms with Gasteiger partial charge in [0, 0.05) is 17.1 Å². The Morgan fingerprint density at radius 3 is 3.00 bits per heavy atom. The smallest absolute Gasteiger partial charge is 0.196 e. The Morgan fingerprint density at radius 2 is 2.30 bits per heavy atom. The number of guanidine groups is 1. The lowest BCUT2D eigenvalue weighted by molar-refractivity contribution is 0.415. The van der Waals surface area contributed by atoms with Crippen molar-refractivity contribution < 1.29 is 4.74 Å². The van der Waals surface area contributed by atoms with Gasteiger partial charge in [-0.25, -0.2) is 4.98 Å². The third-order valence-electron chi connectivity index (χ3n) is 3.29. The van der Waals surface area contributed by atoms with Crippen molar-refractivity contribution in [2.45, 2.75) is 13.0 Å². The van der Waals surface area contributed by atoms with E-state index in [1.54, 1.807) is 18.4 Å². The van der Waals surface area contributed by atoms with Gasteiger partial charge in [-0.15, -0.1) is 11.3 Å². The van der Waals surface area contributed by atoms with E-state index in [0.29, 0.717) is 12.5 Å². The minimum absolute atomic E-state index is 0.0621. The van der Waals surface area contributed by atoms with Gasteiger partial charge in [-0.1, -0.05) is 6.07 Å². The molecule has 0 amide bonds. The highest BCUT2D eigenvalue weighted by atomic mass is 32.1. The lowest BCUT2D eigenvalue weighted by atomic mass is 10.2. The number of ether oxygens (including phenoxy) is 1. The second-order valence-corrected chi connectivity index (χ2v) is 5.64. The molecule has 2 heterocycles. The molecule has 0 saturated carbocycles. The molecule has 0 radical (unpaired) electrons. The zero-order valence-corrected chi connectivity index (χ0v) is 12.2. The normalized spacial score (nSPS) is 18.2. The van der Waals surface area contributed by atoms with E-state index in [-0.39, 0.29) is 6.04 Å². The highest BCUT2D eigenvalue weighted by molar-refractivity contribution is 7.09. The van der Waals surface area contributed by atoms with Gasteiger partial charge in [-0.3, -0.25) is 4.99 Å². The molecular weight excluding hydrogens is 272 g/mol. The van der Waals surface area contributed by atoms with Crippen molar-refractivity contribution in [3.63, 3.8) is 0 Å². The SMILES string of the molecule is COc1cccc(N2C(N)=NCC2c2csc(C)n2)c1. The number of nitrogens with zero attached hydrogens (tertiary/aromatic N) is 3. The van der Waals surface area contributed by atoms with Crippen molar-refractivity contribution in [2.24, 2.45) is 10.7 Å². The fourth-order valence-corrected chi connectivity index (χ4v) is 2.99. The summed E-state index contributed by atoms with van der Waals surface area (Å²) in [4.78, 5) is 10.9. The van der Waals surface area contributed by atoms with Crippen molar-refractivity contribution in [2.75, 3.05) is 18.6 Å². The number of nitrogens with two attached hydrogens (primary N) is 1. The molecular formula is C14H16N4OS. The molecule has 1 unspecified atom stereocenters. The van der Waals surface area contributed by atoms with Gasteiger partial charge in [0.1, 0.15) is 5.75 Å². The molecule has 3 rings (SSSR count). The second kappa shape index (κ2) is 5.13. The third-order valence-corrected chi connectivity index (χ3v) is 4.09. The van der Waals surface area contributed by atoms with Gasteiger partial charge in [-0.05, 0) is 19.1 Å². The molecule has 0 saturated heterocycles. The van der Waals surface area contributed by atoms with Crippen molar-refractivity contribution in [1.29, 1.82) is 0 Å². The Kier molecular flexibility index (Phi) is 3.31. The summed E-state index contributed by atoms with van der Waals surface area (Å²) in [5.41, 5.74) is 8.03. The maximum atomic E-state index is 6.05. The molecule has 1 atom stereocenters. The number of methoxy groups -OCH3 is 1. The van der Waals surface area contributed by atoms with Crippen LogP contribution in [0.15, 0.2) is 34.6 Å². The van der Waals surface area contributed by atoms with Gasteiger partial charge >= 0.3 is 0 Å². The number of anilines is 1. The van der Waals surface area contributed by atoms with Crippen molar-refractivity contribution in [3.05, 3.63) is 40.3 Å². The highest BCUT2D eigenvalue weighted by Gasteiger charge is 2.30. The molecule has 0 spiro atoms. The fourth-order valence-electron chi connectivity index (χ4n) is 2.33. The highest BCUT2D eigenvalue weighted by Crippen LogP contribution is 2.33. The minimum Gasteiger partial charge on any atom is -0.497 e. The summed E-state index contributed by atoms with van der Waals surface area (Å²) in [7, 11) is 1.65. The standard InChI is InChI=1S/C14H16N4OS/c1-9-17-12(8-20-9)13-7-16-14(15)18(13)10-4-3-5-11(6-10)19-2/h3-6,8,13H,7H2,1-2H3,(H2,15,16). The number of thiazole rings is 1. The number of benzene rings is 1. The summed E-state index contributed by atoms with van der Waals surface area (Å²) >= 11 is 1.64. The zero-order valence-electron chi connectivity index (χ0n) is 11.4. The van der Waals surface area contributed by atoms with Gasteiger partial charge in [0.05, 0.1) is 30.4 Å². The Labute approximate surface area is 121 Å². The van der Waals surface area contributed by atoms with Crippen LogP contribution in [-0.2, 0) is 0 Å². The van der Waals surface area contributed by atoms with Crippen molar-refractivity contribution >= 4 is 23.0 Å². The van der Waals surface area contributed by atoms with E-state index in [0.717, 1.165) is 22.1 Å². The predicted molar refractivity (Wildman–Crippen MR) is 81.6 cm³/mol. The van der Waals surface area contributed by atoms with Gasteiger partial charge < -0.3 is 15.4 Å². The lowest BCUT2D eigenvalue weighted by Gasteiger charge is -2.25. The summed E-state index contributed by atoms with van der Waals surface area (Å²) < 4.78 is 5.27. The third kappa shape index (κ3) is 2.22. The maximum absolute atomic E-state index is 6.05. The number of aryl methyl sites for hydroxylation is 1. The largest absolute Gasteiger partial charge is 0.497 e. The van der Waals surface area contributed by atoms with Crippen LogP contribution < -0.4 is 15.4 Å². The van der Waals surface area contributed by atoms with E-state index in [2.05, 4.69) is 15.4 Å². The van der Waals surface area contributed by atoms with Crippen LogP contribution in [0.3, 0.4) is 0 Å². The van der Waals surface area contributed by atoms with E-state index >= 15 is 0 Å². The molecule has 1 aromatic carbocycles. The maximum Gasteiger partial charge on any atom is 0.196 e. The van der Waals surface area contributed by atoms with Crippen LogP contribution >= 0.6 is 11.3 Å². The van der Waals surface area contributed by atoms with Gasteiger partial charge in [-0.2, -0.15) is 0 Å². The minimum atomic E-state index is 0.0621. The van der Waals surface area contributed by atoms with Crippen LogP contribution in [0.25, 0.3) is 0 Å². The summed E-state index contributed by atoms with van der Waals surface area (Å²) in [6.45, 7) is 2.63. The molecule has 20 heavy (non-hydrogen) atoms. The number of aliphatic imine (C=N–C) groups is 1. The van der Waals surface area contributed by atoms with Crippen molar-refractivity contribution in [1.82, 2.24) is 4.98 Å². The molecule has 0 bridgehead atoms. The van der Waals surface area contributed by atoms with E-state index in [4.69, 9.17) is 10.5 Å². The van der Waals surface area contributed by atoms with Crippen LogP contribution in [0.4, 0.5) is 5.69 Å². The molecule has 5 nitrogen and oxygen atoms in total. The lowest BCUT2D eigenvalue weighted by Crippen LogP contribution is -2.36. The van der Waals surface area contributed by atoms with Gasteiger partial charge in [0.25, 0.3) is 0 Å². The average Bonchev–Trinajstić information content (AvgIpc) is 3.05. The molecule has 1 aromatic heterocycles. The first-order valence-electron chi connectivity index (χ1n) is 6.34.